The molecule has 36 heavy (non-hydrogen) atoms. The number of fused-ring (bicyclic) bond motifs is 1. The van der Waals surface area contributed by atoms with E-state index in [1.807, 2.05) is 30.3 Å². The fourth-order valence-electron chi connectivity index (χ4n) is 5.93. The van der Waals surface area contributed by atoms with Crippen molar-refractivity contribution in [2.75, 3.05) is 54.4 Å². The van der Waals surface area contributed by atoms with Crippen LogP contribution in [-0.2, 0) is 14.6 Å². The summed E-state index contributed by atoms with van der Waals surface area (Å²) in [7, 11) is -2.93. The Morgan fingerprint density at radius 3 is 2.50 bits per heavy atom. The van der Waals surface area contributed by atoms with Crippen LogP contribution in [0.15, 0.2) is 48.5 Å². The largest absolute Gasteiger partial charge is 0.370 e. The summed E-state index contributed by atoms with van der Waals surface area (Å²) in [6.07, 6.45) is 3.10. The standard InChI is InChI=1S/C27H29FN4O3S/c28-20-5-8-23-22(13-20)25(32-12-9-27(16-32)17-36(34,35)18-27)14-24(30-23)19-3-6-21(7-4-19)29-26(33)15-31-10-1-2-11-31/h3-8,13-14H,1-2,9-12,15-18H2,(H,29,33). The van der Waals surface area contributed by atoms with Crippen molar-refractivity contribution in [3.63, 3.8) is 0 Å². The number of carbonyl (C=O) groups is 1. The molecule has 1 N–H and O–H groups in total. The summed E-state index contributed by atoms with van der Waals surface area (Å²) in [5, 5.41) is 3.69. The summed E-state index contributed by atoms with van der Waals surface area (Å²) in [4.78, 5) is 21.5. The molecule has 3 saturated heterocycles. The molecule has 1 amide bonds. The number of aromatic nitrogens is 1. The smallest absolute Gasteiger partial charge is 0.238 e. The van der Waals surface area contributed by atoms with E-state index in [1.54, 1.807) is 6.07 Å². The summed E-state index contributed by atoms with van der Waals surface area (Å²) in [6.45, 7) is 3.72. The molecule has 1 spiro atoms. The van der Waals surface area contributed by atoms with Gasteiger partial charge in [0.15, 0.2) is 9.84 Å². The summed E-state index contributed by atoms with van der Waals surface area (Å²) in [5.74, 6) is 0.114. The zero-order valence-electron chi connectivity index (χ0n) is 20.0. The lowest BCUT2D eigenvalue weighted by molar-refractivity contribution is -0.117. The third-order valence-electron chi connectivity index (χ3n) is 7.61. The molecule has 6 rings (SSSR count). The van der Waals surface area contributed by atoms with Crippen LogP contribution in [0, 0.1) is 11.2 Å². The Hall–Kier alpha value is -3.04. The highest BCUT2D eigenvalue weighted by atomic mass is 32.2. The summed E-state index contributed by atoms with van der Waals surface area (Å²) in [6, 6.07) is 14.2. The number of nitrogens with one attached hydrogen (secondary N) is 1. The van der Waals surface area contributed by atoms with Gasteiger partial charge in [-0.2, -0.15) is 0 Å². The summed E-state index contributed by atoms with van der Waals surface area (Å²) < 4.78 is 37.9. The van der Waals surface area contributed by atoms with Crippen molar-refractivity contribution in [1.82, 2.24) is 9.88 Å². The van der Waals surface area contributed by atoms with Crippen molar-refractivity contribution >= 4 is 38.0 Å². The lowest BCUT2D eigenvalue weighted by Gasteiger charge is -2.37. The molecular weight excluding hydrogens is 479 g/mol. The number of benzene rings is 2. The number of nitrogens with zero attached hydrogens (tertiary/aromatic N) is 3. The third kappa shape index (κ3) is 4.57. The average molecular weight is 509 g/mol. The zero-order valence-corrected chi connectivity index (χ0v) is 20.9. The Labute approximate surface area is 210 Å². The summed E-state index contributed by atoms with van der Waals surface area (Å²) in [5.41, 5.74) is 3.74. The van der Waals surface area contributed by atoms with Crippen LogP contribution in [0.1, 0.15) is 19.3 Å². The van der Waals surface area contributed by atoms with E-state index in [-0.39, 0.29) is 28.6 Å². The predicted octanol–water partition coefficient (Wildman–Crippen LogP) is 3.70. The molecule has 3 aliphatic heterocycles. The Balaban J connectivity index is 1.26. The molecule has 2 aromatic carbocycles. The van der Waals surface area contributed by atoms with Gasteiger partial charge in [-0.25, -0.2) is 17.8 Å². The molecule has 0 radical (unpaired) electrons. The van der Waals surface area contributed by atoms with E-state index < -0.39 is 9.84 Å². The molecule has 3 fully saturated rings. The monoisotopic (exact) mass is 508 g/mol. The van der Waals surface area contributed by atoms with Crippen molar-refractivity contribution in [2.24, 2.45) is 5.41 Å². The van der Waals surface area contributed by atoms with Crippen molar-refractivity contribution in [3.8, 4) is 11.3 Å². The van der Waals surface area contributed by atoms with Gasteiger partial charge < -0.3 is 10.2 Å². The summed E-state index contributed by atoms with van der Waals surface area (Å²) >= 11 is 0. The minimum atomic E-state index is -2.93. The maximum atomic E-state index is 14.2. The maximum Gasteiger partial charge on any atom is 0.238 e. The van der Waals surface area contributed by atoms with Crippen LogP contribution in [0.2, 0.25) is 0 Å². The van der Waals surface area contributed by atoms with E-state index in [1.165, 1.54) is 12.1 Å². The van der Waals surface area contributed by atoms with Crippen LogP contribution in [-0.4, -0.2) is 68.4 Å². The minimum absolute atomic E-state index is 0.0150. The number of likely N-dealkylation sites (tertiary alicyclic amines) is 1. The number of pyridine rings is 1. The number of sulfone groups is 1. The van der Waals surface area contributed by atoms with Crippen LogP contribution in [0.25, 0.3) is 22.2 Å². The lowest BCUT2D eigenvalue weighted by atomic mass is 9.91. The van der Waals surface area contributed by atoms with Crippen molar-refractivity contribution < 1.29 is 17.6 Å². The highest BCUT2D eigenvalue weighted by Gasteiger charge is 2.52. The van der Waals surface area contributed by atoms with E-state index in [0.29, 0.717) is 18.6 Å². The number of halogens is 1. The first kappa shape index (κ1) is 23.4. The number of rotatable bonds is 5. The Morgan fingerprint density at radius 1 is 1.03 bits per heavy atom. The predicted molar refractivity (Wildman–Crippen MR) is 139 cm³/mol. The molecule has 3 aliphatic rings. The number of anilines is 2. The molecule has 4 heterocycles. The first-order valence-corrected chi connectivity index (χ1v) is 14.3. The quantitative estimate of drug-likeness (QED) is 0.566. The van der Waals surface area contributed by atoms with Gasteiger partial charge in [-0.05, 0) is 68.8 Å². The Morgan fingerprint density at radius 2 is 1.78 bits per heavy atom. The van der Waals surface area contributed by atoms with Gasteiger partial charge >= 0.3 is 0 Å². The van der Waals surface area contributed by atoms with E-state index in [2.05, 4.69) is 15.1 Å². The van der Waals surface area contributed by atoms with Gasteiger partial charge in [0.2, 0.25) is 5.91 Å². The van der Waals surface area contributed by atoms with Gasteiger partial charge in [0.25, 0.3) is 0 Å². The normalized spacial score (nSPS) is 20.6. The van der Waals surface area contributed by atoms with Gasteiger partial charge in [-0.3, -0.25) is 9.69 Å². The van der Waals surface area contributed by atoms with Crippen LogP contribution >= 0.6 is 0 Å². The average Bonchev–Trinajstić information content (AvgIpc) is 3.48. The van der Waals surface area contributed by atoms with Crippen molar-refractivity contribution in [1.29, 1.82) is 0 Å². The van der Waals surface area contributed by atoms with Crippen molar-refractivity contribution in [3.05, 3.63) is 54.3 Å². The fraction of sp³-hybridized carbons (Fsp3) is 0.407. The molecule has 3 aromatic rings. The van der Waals surface area contributed by atoms with Crippen LogP contribution in [0.5, 0.6) is 0 Å². The molecule has 0 aliphatic carbocycles. The Kier molecular flexibility index (Phi) is 5.72. The molecule has 9 heteroatoms. The first-order chi connectivity index (χ1) is 17.3. The second-order valence-corrected chi connectivity index (χ2v) is 12.6. The van der Waals surface area contributed by atoms with Crippen LogP contribution in [0.3, 0.4) is 0 Å². The van der Waals surface area contributed by atoms with Crippen LogP contribution < -0.4 is 10.2 Å². The van der Waals surface area contributed by atoms with Gasteiger partial charge in [0, 0.05) is 40.8 Å². The van der Waals surface area contributed by atoms with Gasteiger partial charge in [0.1, 0.15) is 5.82 Å². The lowest BCUT2D eigenvalue weighted by Crippen LogP contribution is -2.50. The van der Waals surface area contributed by atoms with Gasteiger partial charge in [-0.15, -0.1) is 0 Å². The zero-order chi connectivity index (χ0) is 24.9. The molecule has 7 nitrogen and oxygen atoms in total. The number of amides is 1. The van der Waals surface area contributed by atoms with E-state index in [4.69, 9.17) is 4.98 Å². The molecular formula is C27H29FN4O3S. The highest BCUT2D eigenvalue weighted by Crippen LogP contribution is 2.44. The second kappa shape index (κ2) is 8.81. The second-order valence-electron chi connectivity index (χ2n) is 10.5. The van der Waals surface area contributed by atoms with E-state index in [9.17, 15) is 17.6 Å². The topological polar surface area (TPSA) is 82.6 Å². The molecule has 0 unspecified atom stereocenters. The SMILES string of the molecule is O=C(CN1CCCC1)Nc1ccc(-c2cc(N3CCC4(C3)CS(=O)(=O)C4)c3cc(F)ccc3n2)cc1. The molecule has 0 atom stereocenters. The van der Waals surface area contributed by atoms with E-state index >= 15 is 0 Å². The molecule has 0 bridgehead atoms. The Bertz CT molecular complexity index is 1420. The molecule has 0 saturated carbocycles. The molecule has 1 aromatic heterocycles. The van der Waals surface area contributed by atoms with Gasteiger partial charge in [0.05, 0.1) is 29.3 Å². The maximum absolute atomic E-state index is 14.2. The number of hydrogen-bond donors (Lipinski definition) is 1. The molecule has 188 valence electrons. The first-order valence-electron chi connectivity index (χ1n) is 12.5. The fourth-order valence-corrected chi connectivity index (χ4v) is 8.18. The highest BCUT2D eigenvalue weighted by molar-refractivity contribution is 7.92. The van der Waals surface area contributed by atoms with Gasteiger partial charge in [-0.1, -0.05) is 12.1 Å². The van der Waals surface area contributed by atoms with E-state index in [0.717, 1.165) is 66.9 Å². The van der Waals surface area contributed by atoms with Crippen LogP contribution in [0.4, 0.5) is 15.8 Å². The van der Waals surface area contributed by atoms with Crippen molar-refractivity contribution in [2.45, 2.75) is 19.3 Å². The number of hydrogen-bond acceptors (Lipinski definition) is 6. The third-order valence-corrected chi connectivity index (χ3v) is 9.71. The number of carbonyl (C=O) groups excluding carboxylic acids is 1. The minimum Gasteiger partial charge on any atom is -0.370 e.